The number of nitrogens with zero attached hydrogens (tertiary/aromatic N) is 2. The van der Waals surface area contributed by atoms with Crippen LogP contribution in [0.4, 0.5) is 11.4 Å². The molecule has 2 aliphatic heterocycles. The summed E-state index contributed by atoms with van der Waals surface area (Å²) in [5, 5.41) is 3.50. The molecule has 7 nitrogen and oxygen atoms in total. The average Bonchev–Trinajstić information content (AvgIpc) is 3.48. The Morgan fingerprint density at radius 1 is 0.795 bits per heavy atom. The molecule has 7 heteroatoms. The van der Waals surface area contributed by atoms with Crippen molar-refractivity contribution < 1.29 is 23.9 Å². The van der Waals surface area contributed by atoms with Gasteiger partial charge in [-0.1, -0.05) is 67.6 Å². The maximum Gasteiger partial charge on any atom is 0.266 e. The monoisotopic (exact) mass is 522 g/mol. The first kappa shape index (κ1) is 24.9. The predicted octanol–water partition coefficient (Wildman–Crippen LogP) is 6.08. The molecular weight excluding hydrogens is 492 g/mol. The van der Waals surface area contributed by atoms with Crippen LogP contribution in [0.15, 0.2) is 91.0 Å². The van der Waals surface area contributed by atoms with E-state index in [1.807, 2.05) is 105 Å². The number of anilines is 2. The van der Waals surface area contributed by atoms with E-state index in [-0.39, 0.29) is 11.8 Å². The molecule has 2 saturated heterocycles. The largest absolute Gasteiger partial charge is 0.490 e. The van der Waals surface area contributed by atoms with Gasteiger partial charge in [0.15, 0.2) is 17.6 Å². The number of rotatable bonds is 8. The number of ether oxygens (including phenoxy) is 2. The van der Waals surface area contributed by atoms with Crippen LogP contribution in [0.1, 0.15) is 31.9 Å². The Morgan fingerprint density at radius 3 is 2.36 bits per heavy atom. The summed E-state index contributed by atoms with van der Waals surface area (Å²) in [6.07, 6.45) is -0.0797. The number of amides is 2. The summed E-state index contributed by atoms with van der Waals surface area (Å²) in [4.78, 5) is 35.6. The average molecular weight is 523 g/mol. The Bertz CT molecular complexity index is 1520. The molecule has 0 spiro atoms. The molecule has 198 valence electrons. The summed E-state index contributed by atoms with van der Waals surface area (Å²) in [5.74, 6) is -0.140. The van der Waals surface area contributed by atoms with Gasteiger partial charge >= 0.3 is 0 Å². The number of fused-ring (bicyclic) bond motifs is 2. The van der Waals surface area contributed by atoms with Gasteiger partial charge in [-0.05, 0) is 54.6 Å². The smallest absolute Gasteiger partial charge is 0.266 e. The summed E-state index contributed by atoms with van der Waals surface area (Å²) in [7, 11) is 0. The van der Waals surface area contributed by atoms with Crippen molar-refractivity contribution in [1.29, 1.82) is 0 Å². The summed E-state index contributed by atoms with van der Waals surface area (Å²) in [6.45, 7) is 5.00. The van der Waals surface area contributed by atoms with Gasteiger partial charge in [0.05, 0.1) is 30.6 Å². The van der Waals surface area contributed by atoms with Crippen LogP contribution in [0.2, 0.25) is 0 Å². The first-order valence-electron chi connectivity index (χ1n) is 13.4. The molecule has 0 aliphatic carbocycles. The second kappa shape index (κ2) is 10.4. The van der Waals surface area contributed by atoms with Crippen LogP contribution in [0, 0.1) is 5.92 Å². The lowest BCUT2D eigenvalue weighted by Gasteiger charge is -2.29. The Hall–Kier alpha value is -4.36. The highest BCUT2D eigenvalue weighted by atomic mass is 16.7. The van der Waals surface area contributed by atoms with Crippen molar-refractivity contribution in [1.82, 2.24) is 0 Å². The minimum absolute atomic E-state index is 0.283. The lowest BCUT2D eigenvalue weighted by atomic mass is 9.90. The molecule has 2 heterocycles. The van der Waals surface area contributed by atoms with Crippen LogP contribution >= 0.6 is 0 Å². The van der Waals surface area contributed by atoms with Crippen molar-refractivity contribution in [2.24, 2.45) is 5.92 Å². The molecule has 3 atom stereocenters. The van der Waals surface area contributed by atoms with E-state index in [9.17, 15) is 9.59 Å². The zero-order valence-electron chi connectivity index (χ0n) is 21.9. The third kappa shape index (κ3) is 4.29. The van der Waals surface area contributed by atoms with Crippen molar-refractivity contribution in [3.05, 3.63) is 96.6 Å². The molecule has 6 rings (SSSR count). The summed E-state index contributed by atoms with van der Waals surface area (Å²) in [5.41, 5.74) is 2.14. The van der Waals surface area contributed by atoms with Crippen molar-refractivity contribution in [2.45, 2.75) is 32.4 Å². The Kier molecular flexibility index (Phi) is 6.67. The van der Waals surface area contributed by atoms with E-state index in [0.717, 1.165) is 28.4 Å². The van der Waals surface area contributed by atoms with Gasteiger partial charge in [0.1, 0.15) is 5.92 Å². The minimum atomic E-state index is -0.951. The predicted molar refractivity (Wildman–Crippen MR) is 150 cm³/mol. The molecule has 4 aromatic carbocycles. The highest BCUT2D eigenvalue weighted by Crippen LogP contribution is 2.49. The van der Waals surface area contributed by atoms with E-state index in [1.54, 1.807) is 5.06 Å². The number of para-hydroxylation sites is 1. The van der Waals surface area contributed by atoms with Crippen LogP contribution in [-0.2, 0) is 14.4 Å². The third-order valence-corrected chi connectivity index (χ3v) is 7.20. The molecule has 2 fully saturated rings. The maximum absolute atomic E-state index is 14.2. The molecule has 2 aliphatic rings. The molecule has 0 N–H and O–H groups in total. The van der Waals surface area contributed by atoms with Crippen LogP contribution in [0.3, 0.4) is 0 Å². The molecule has 0 unspecified atom stereocenters. The van der Waals surface area contributed by atoms with Gasteiger partial charge in [0.2, 0.25) is 5.91 Å². The van der Waals surface area contributed by atoms with E-state index in [2.05, 4.69) is 0 Å². The number of hydrogen-bond donors (Lipinski definition) is 0. The van der Waals surface area contributed by atoms with Crippen LogP contribution in [0.5, 0.6) is 11.5 Å². The lowest BCUT2D eigenvalue weighted by Crippen LogP contribution is -2.37. The van der Waals surface area contributed by atoms with E-state index < -0.39 is 18.1 Å². The highest BCUT2D eigenvalue weighted by molar-refractivity contribution is 6.26. The number of imide groups is 1. The number of hydrogen-bond acceptors (Lipinski definition) is 6. The lowest BCUT2D eigenvalue weighted by molar-refractivity contribution is -0.126. The molecule has 4 aromatic rings. The Morgan fingerprint density at radius 2 is 1.56 bits per heavy atom. The van der Waals surface area contributed by atoms with Crippen LogP contribution in [-0.4, -0.2) is 31.1 Å². The summed E-state index contributed by atoms with van der Waals surface area (Å²) < 4.78 is 11.8. The Balaban J connectivity index is 1.44. The Labute approximate surface area is 227 Å². The van der Waals surface area contributed by atoms with Gasteiger partial charge in [-0.2, -0.15) is 0 Å². The normalized spacial score (nSPS) is 20.5. The molecule has 0 radical (unpaired) electrons. The zero-order chi connectivity index (χ0) is 26.9. The molecule has 0 saturated carbocycles. The van der Waals surface area contributed by atoms with E-state index in [4.69, 9.17) is 14.3 Å². The van der Waals surface area contributed by atoms with Crippen molar-refractivity contribution in [3.63, 3.8) is 0 Å². The van der Waals surface area contributed by atoms with Crippen molar-refractivity contribution in [3.8, 4) is 11.5 Å². The maximum atomic E-state index is 14.2. The van der Waals surface area contributed by atoms with Gasteiger partial charge in [-0.3, -0.25) is 14.4 Å². The second-order valence-electron chi connectivity index (χ2n) is 9.66. The summed E-state index contributed by atoms with van der Waals surface area (Å²) in [6, 6.07) is 28.1. The number of carbonyl (C=O) groups excluding carboxylic acids is 2. The van der Waals surface area contributed by atoms with Gasteiger partial charge in [-0.15, -0.1) is 0 Å². The molecule has 0 aromatic heterocycles. The van der Waals surface area contributed by atoms with E-state index in [0.29, 0.717) is 30.4 Å². The van der Waals surface area contributed by atoms with Gasteiger partial charge in [0, 0.05) is 5.39 Å². The van der Waals surface area contributed by atoms with Gasteiger partial charge in [-0.25, -0.2) is 9.96 Å². The number of benzene rings is 4. The zero-order valence-corrected chi connectivity index (χ0v) is 21.9. The SMILES string of the molecule is CCCOc1ccc([C@H]2[C@@H]3C(=O)N(c4cccc5ccccc45)C(=O)[C@H]3ON2c2ccccc2)cc1OCC. The fourth-order valence-corrected chi connectivity index (χ4v) is 5.50. The quantitative estimate of drug-likeness (QED) is 0.261. The molecule has 39 heavy (non-hydrogen) atoms. The number of carbonyl (C=O) groups is 2. The number of hydroxylamine groups is 1. The molecule has 0 bridgehead atoms. The molecular formula is C32H30N2O5. The fraction of sp³-hybridized carbons (Fsp3) is 0.250. The first-order chi connectivity index (χ1) is 19.1. The van der Waals surface area contributed by atoms with Crippen molar-refractivity contribution >= 4 is 34.0 Å². The highest BCUT2D eigenvalue weighted by Gasteiger charge is 2.60. The standard InChI is InChI=1S/C32H30N2O5/c1-3-19-38-26-18-17-22(20-27(26)37-4-2)29-28-30(39-34(29)23-13-6-5-7-14-23)32(36)33(31(28)35)25-16-10-12-21-11-8-9-15-24(21)25/h5-18,20,28-30H,3-4,19H2,1-2H3/t28-,29-,30-/m0/s1. The fourth-order valence-electron chi connectivity index (χ4n) is 5.50. The second-order valence-corrected chi connectivity index (χ2v) is 9.66. The minimum Gasteiger partial charge on any atom is -0.490 e. The van der Waals surface area contributed by atoms with Crippen LogP contribution in [0.25, 0.3) is 10.8 Å². The topological polar surface area (TPSA) is 68.3 Å². The third-order valence-electron chi connectivity index (χ3n) is 7.20. The van der Waals surface area contributed by atoms with Gasteiger partial charge in [0.25, 0.3) is 5.91 Å². The first-order valence-corrected chi connectivity index (χ1v) is 13.4. The van der Waals surface area contributed by atoms with E-state index in [1.165, 1.54) is 4.90 Å². The van der Waals surface area contributed by atoms with E-state index >= 15 is 0 Å². The summed E-state index contributed by atoms with van der Waals surface area (Å²) >= 11 is 0. The van der Waals surface area contributed by atoms with Crippen LogP contribution < -0.4 is 19.4 Å². The van der Waals surface area contributed by atoms with Crippen molar-refractivity contribution in [2.75, 3.05) is 23.2 Å². The van der Waals surface area contributed by atoms with Gasteiger partial charge < -0.3 is 9.47 Å². The molecule has 2 amide bonds.